The number of piperidine rings is 1. The Morgan fingerprint density at radius 1 is 1.53 bits per heavy atom. The van der Waals surface area contributed by atoms with Gasteiger partial charge in [0.15, 0.2) is 0 Å². The maximum absolute atomic E-state index is 13.0. The second-order valence-electron chi connectivity index (χ2n) is 4.75. The van der Waals surface area contributed by atoms with Crippen molar-refractivity contribution >= 4 is 17.5 Å². The van der Waals surface area contributed by atoms with E-state index in [0.717, 1.165) is 19.4 Å². The van der Waals surface area contributed by atoms with Crippen LogP contribution in [0, 0.1) is 11.7 Å². The number of carbonyl (C=O) groups excluding carboxylic acids is 1. The van der Waals surface area contributed by atoms with Gasteiger partial charge in [0.2, 0.25) is 5.91 Å². The van der Waals surface area contributed by atoms with E-state index in [1.165, 1.54) is 12.1 Å². The summed E-state index contributed by atoms with van der Waals surface area (Å²) in [6, 6.07) is 6.10. The fourth-order valence-electron chi connectivity index (χ4n) is 2.28. The van der Waals surface area contributed by atoms with Gasteiger partial charge in [-0.05, 0) is 25.0 Å². The lowest BCUT2D eigenvalue weighted by molar-refractivity contribution is -0.130. The SMILES string of the molecule is O=C(CCl)N1CCCC(COc2cccc(F)c2)C1. The Kier molecular flexibility index (Phi) is 5.02. The molecule has 1 aliphatic rings. The van der Waals surface area contributed by atoms with Gasteiger partial charge in [-0.3, -0.25) is 4.79 Å². The van der Waals surface area contributed by atoms with Gasteiger partial charge in [0.05, 0.1) is 6.61 Å². The zero-order valence-corrected chi connectivity index (χ0v) is 11.4. The van der Waals surface area contributed by atoms with E-state index in [1.807, 2.05) is 0 Å². The van der Waals surface area contributed by atoms with Gasteiger partial charge in [-0.2, -0.15) is 0 Å². The van der Waals surface area contributed by atoms with Crippen molar-refractivity contribution in [1.29, 1.82) is 0 Å². The number of amides is 1. The molecule has 0 radical (unpaired) electrons. The molecular formula is C14H17ClFNO2. The molecule has 104 valence electrons. The van der Waals surface area contributed by atoms with Crippen molar-refractivity contribution in [2.45, 2.75) is 12.8 Å². The van der Waals surface area contributed by atoms with Crippen LogP contribution in [0.3, 0.4) is 0 Å². The third-order valence-electron chi connectivity index (χ3n) is 3.27. The number of likely N-dealkylation sites (tertiary alicyclic amines) is 1. The molecule has 1 aromatic carbocycles. The molecule has 0 bridgehead atoms. The first kappa shape index (κ1) is 14.1. The molecule has 0 aliphatic carbocycles. The van der Waals surface area contributed by atoms with Gasteiger partial charge in [0.1, 0.15) is 17.4 Å². The summed E-state index contributed by atoms with van der Waals surface area (Å²) in [5.74, 6) is 0.500. The maximum atomic E-state index is 13.0. The van der Waals surface area contributed by atoms with Crippen molar-refractivity contribution < 1.29 is 13.9 Å². The number of alkyl halides is 1. The van der Waals surface area contributed by atoms with Crippen LogP contribution in [0.4, 0.5) is 4.39 Å². The van der Waals surface area contributed by atoms with E-state index in [4.69, 9.17) is 16.3 Å². The number of carbonyl (C=O) groups is 1. The molecule has 0 aromatic heterocycles. The highest BCUT2D eigenvalue weighted by Crippen LogP contribution is 2.19. The monoisotopic (exact) mass is 285 g/mol. The Bertz CT molecular complexity index is 441. The van der Waals surface area contributed by atoms with E-state index < -0.39 is 0 Å². The zero-order valence-electron chi connectivity index (χ0n) is 10.6. The average molecular weight is 286 g/mol. The van der Waals surface area contributed by atoms with Crippen LogP contribution in [0.5, 0.6) is 5.75 Å². The summed E-state index contributed by atoms with van der Waals surface area (Å²) in [6.07, 6.45) is 1.97. The van der Waals surface area contributed by atoms with Crippen molar-refractivity contribution in [2.24, 2.45) is 5.92 Å². The summed E-state index contributed by atoms with van der Waals surface area (Å²) in [5.41, 5.74) is 0. The van der Waals surface area contributed by atoms with Crippen LogP contribution in [0.25, 0.3) is 0 Å². The van der Waals surface area contributed by atoms with Crippen LogP contribution >= 0.6 is 11.6 Å². The summed E-state index contributed by atoms with van der Waals surface area (Å²) >= 11 is 5.56. The Morgan fingerprint density at radius 3 is 3.11 bits per heavy atom. The molecule has 1 saturated heterocycles. The van der Waals surface area contributed by atoms with Gasteiger partial charge in [0, 0.05) is 25.1 Å². The predicted molar refractivity (Wildman–Crippen MR) is 71.9 cm³/mol. The van der Waals surface area contributed by atoms with Crippen LogP contribution in [0.2, 0.25) is 0 Å². The largest absolute Gasteiger partial charge is 0.493 e. The molecule has 1 aliphatic heterocycles. The topological polar surface area (TPSA) is 29.5 Å². The Balaban J connectivity index is 1.84. The highest BCUT2D eigenvalue weighted by atomic mass is 35.5. The molecule has 19 heavy (non-hydrogen) atoms. The van der Waals surface area contributed by atoms with E-state index in [-0.39, 0.29) is 23.5 Å². The summed E-state index contributed by atoms with van der Waals surface area (Å²) < 4.78 is 18.6. The third-order valence-corrected chi connectivity index (χ3v) is 3.50. The number of hydrogen-bond acceptors (Lipinski definition) is 2. The third kappa shape index (κ3) is 4.10. The quantitative estimate of drug-likeness (QED) is 0.796. The van der Waals surface area contributed by atoms with Gasteiger partial charge in [-0.15, -0.1) is 11.6 Å². The van der Waals surface area contributed by atoms with Gasteiger partial charge < -0.3 is 9.64 Å². The van der Waals surface area contributed by atoms with Crippen molar-refractivity contribution in [2.75, 3.05) is 25.6 Å². The number of ether oxygens (including phenoxy) is 1. The van der Waals surface area contributed by atoms with E-state index >= 15 is 0 Å². The second kappa shape index (κ2) is 6.75. The number of nitrogens with zero attached hydrogens (tertiary/aromatic N) is 1. The van der Waals surface area contributed by atoms with E-state index in [1.54, 1.807) is 17.0 Å². The summed E-state index contributed by atoms with van der Waals surface area (Å²) in [4.78, 5) is 13.3. The molecule has 3 nitrogen and oxygen atoms in total. The highest BCUT2D eigenvalue weighted by molar-refractivity contribution is 6.27. The van der Waals surface area contributed by atoms with E-state index in [9.17, 15) is 9.18 Å². The molecule has 0 spiro atoms. The van der Waals surface area contributed by atoms with Crippen molar-refractivity contribution in [3.8, 4) is 5.75 Å². The molecule has 1 heterocycles. The summed E-state index contributed by atoms with van der Waals surface area (Å²) in [7, 11) is 0. The minimum Gasteiger partial charge on any atom is -0.493 e. The highest BCUT2D eigenvalue weighted by Gasteiger charge is 2.23. The normalized spacial score (nSPS) is 19.3. The van der Waals surface area contributed by atoms with Crippen LogP contribution in [-0.4, -0.2) is 36.4 Å². The average Bonchev–Trinajstić information content (AvgIpc) is 2.45. The lowest BCUT2D eigenvalue weighted by Gasteiger charge is -2.32. The Labute approximate surface area is 117 Å². The Morgan fingerprint density at radius 2 is 2.37 bits per heavy atom. The lowest BCUT2D eigenvalue weighted by atomic mass is 9.99. The summed E-state index contributed by atoms with van der Waals surface area (Å²) in [6.45, 7) is 1.93. The molecule has 2 rings (SSSR count). The predicted octanol–water partition coefficient (Wildman–Crippen LogP) is 2.68. The maximum Gasteiger partial charge on any atom is 0.237 e. The van der Waals surface area contributed by atoms with Crippen LogP contribution in [0.15, 0.2) is 24.3 Å². The van der Waals surface area contributed by atoms with Gasteiger partial charge in [0.25, 0.3) is 0 Å². The lowest BCUT2D eigenvalue weighted by Crippen LogP contribution is -2.42. The first-order chi connectivity index (χ1) is 9.19. The minimum atomic E-state index is -0.305. The fourth-order valence-corrected chi connectivity index (χ4v) is 2.45. The summed E-state index contributed by atoms with van der Waals surface area (Å²) in [5, 5.41) is 0. The van der Waals surface area contributed by atoms with E-state index in [0.29, 0.717) is 18.9 Å². The van der Waals surface area contributed by atoms with Crippen molar-refractivity contribution in [1.82, 2.24) is 4.90 Å². The number of halogens is 2. The van der Waals surface area contributed by atoms with E-state index in [2.05, 4.69) is 0 Å². The van der Waals surface area contributed by atoms with Gasteiger partial charge in [-0.1, -0.05) is 6.07 Å². The molecule has 1 unspecified atom stereocenters. The molecule has 1 fully saturated rings. The first-order valence-electron chi connectivity index (χ1n) is 6.41. The first-order valence-corrected chi connectivity index (χ1v) is 6.94. The van der Waals surface area contributed by atoms with Crippen LogP contribution in [0.1, 0.15) is 12.8 Å². The molecule has 1 aromatic rings. The Hall–Kier alpha value is -1.29. The van der Waals surface area contributed by atoms with Crippen LogP contribution in [-0.2, 0) is 4.79 Å². The smallest absolute Gasteiger partial charge is 0.237 e. The van der Waals surface area contributed by atoms with Gasteiger partial charge >= 0.3 is 0 Å². The minimum absolute atomic E-state index is 0.0253. The molecule has 0 N–H and O–H groups in total. The molecule has 1 amide bonds. The van der Waals surface area contributed by atoms with Gasteiger partial charge in [-0.25, -0.2) is 4.39 Å². The number of rotatable bonds is 4. The number of benzene rings is 1. The molecular weight excluding hydrogens is 269 g/mol. The fraction of sp³-hybridized carbons (Fsp3) is 0.500. The van der Waals surface area contributed by atoms with Crippen molar-refractivity contribution in [3.63, 3.8) is 0 Å². The molecule has 1 atom stereocenters. The van der Waals surface area contributed by atoms with Crippen molar-refractivity contribution in [3.05, 3.63) is 30.1 Å². The number of hydrogen-bond donors (Lipinski definition) is 0. The second-order valence-corrected chi connectivity index (χ2v) is 5.02. The van der Waals surface area contributed by atoms with Crippen LogP contribution < -0.4 is 4.74 Å². The standard InChI is InChI=1S/C14H17ClFNO2/c15-8-14(18)17-6-2-3-11(9-17)10-19-13-5-1-4-12(16)7-13/h1,4-5,7,11H,2-3,6,8-10H2. The molecule has 0 saturated carbocycles. The zero-order chi connectivity index (χ0) is 13.7. The molecule has 5 heteroatoms.